The summed E-state index contributed by atoms with van der Waals surface area (Å²) in [6, 6.07) is 0. The van der Waals surface area contributed by atoms with Crippen LogP contribution in [0.4, 0.5) is 0 Å². The zero-order valence-corrected chi connectivity index (χ0v) is 16.3. The zero-order valence-electron chi connectivity index (χ0n) is 15.3. The molecule has 0 aromatic heterocycles. The van der Waals surface area contributed by atoms with Crippen molar-refractivity contribution in [1.29, 1.82) is 0 Å². The van der Waals surface area contributed by atoms with E-state index in [-0.39, 0.29) is 5.92 Å². The summed E-state index contributed by atoms with van der Waals surface area (Å²) in [6.45, 7) is 14.7. The van der Waals surface area contributed by atoms with Gasteiger partial charge in [-0.15, -0.1) is 0 Å². The molecule has 0 N–H and O–H groups in total. The fraction of sp³-hybridized carbons (Fsp3) is 0.842. The lowest BCUT2D eigenvalue weighted by molar-refractivity contribution is -0.127. The number of fused-ring (bicyclic) bond motifs is 2. The summed E-state index contributed by atoms with van der Waals surface area (Å²) < 4.78 is 6.63. The Morgan fingerprint density at radius 2 is 1.68 bits per heavy atom. The fourth-order valence-corrected chi connectivity index (χ4v) is 10.6. The Labute approximate surface area is 137 Å². The van der Waals surface area contributed by atoms with Gasteiger partial charge < -0.3 is 4.43 Å². The number of ketones is 1. The molecule has 2 aliphatic rings. The van der Waals surface area contributed by atoms with Gasteiger partial charge in [0.1, 0.15) is 5.78 Å². The summed E-state index contributed by atoms with van der Waals surface area (Å²) in [5, 5.41) is 0. The molecule has 3 heteroatoms. The molecule has 126 valence electrons. The van der Waals surface area contributed by atoms with Crippen molar-refractivity contribution >= 4 is 14.1 Å². The van der Waals surface area contributed by atoms with Crippen molar-refractivity contribution in [2.45, 2.75) is 77.4 Å². The van der Waals surface area contributed by atoms with Crippen LogP contribution in [0.15, 0.2) is 12.2 Å². The first kappa shape index (κ1) is 17.9. The number of hydrogen-bond donors (Lipinski definition) is 0. The van der Waals surface area contributed by atoms with Gasteiger partial charge in [0.15, 0.2) is 8.32 Å². The molecule has 2 bridgehead atoms. The molecule has 1 saturated carbocycles. The van der Waals surface area contributed by atoms with Crippen molar-refractivity contribution < 1.29 is 9.22 Å². The van der Waals surface area contributed by atoms with Crippen molar-refractivity contribution in [3.63, 3.8) is 0 Å². The molecule has 0 unspecified atom stereocenters. The van der Waals surface area contributed by atoms with Gasteiger partial charge in [0.25, 0.3) is 0 Å². The quantitative estimate of drug-likeness (QED) is 0.466. The highest BCUT2D eigenvalue weighted by atomic mass is 28.4. The van der Waals surface area contributed by atoms with E-state index >= 15 is 0 Å². The van der Waals surface area contributed by atoms with E-state index < -0.39 is 8.32 Å². The maximum absolute atomic E-state index is 12.3. The van der Waals surface area contributed by atoms with E-state index in [2.05, 4.69) is 53.7 Å². The highest BCUT2D eigenvalue weighted by Crippen LogP contribution is 2.44. The summed E-state index contributed by atoms with van der Waals surface area (Å²) in [4.78, 5) is 12.3. The molecule has 0 aromatic rings. The van der Waals surface area contributed by atoms with Gasteiger partial charge in [0, 0.05) is 18.9 Å². The molecule has 2 nitrogen and oxygen atoms in total. The van der Waals surface area contributed by atoms with Gasteiger partial charge in [-0.25, -0.2) is 0 Å². The van der Waals surface area contributed by atoms with E-state index in [0.29, 0.717) is 34.2 Å². The predicted molar refractivity (Wildman–Crippen MR) is 95.5 cm³/mol. The molecule has 2 rings (SSSR count). The third kappa shape index (κ3) is 3.26. The lowest BCUT2D eigenvalue weighted by Gasteiger charge is -2.42. The van der Waals surface area contributed by atoms with E-state index in [1.165, 1.54) is 6.42 Å². The minimum atomic E-state index is -1.79. The van der Waals surface area contributed by atoms with Gasteiger partial charge in [0.2, 0.25) is 0 Å². The zero-order chi connectivity index (χ0) is 16.5. The van der Waals surface area contributed by atoms with Gasteiger partial charge in [-0.2, -0.15) is 0 Å². The normalized spacial score (nSPS) is 28.4. The average molecular weight is 323 g/mol. The molecule has 22 heavy (non-hydrogen) atoms. The van der Waals surface area contributed by atoms with E-state index in [1.54, 1.807) is 0 Å². The lowest BCUT2D eigenvalue weighted by atomic mass is 9.77. The maximum atomic E-state index is 12.3. The molecule has 0 aliphatic heterocycles. The summed E-state index contributed by atoms with van der Waals surface area (Å²) in [7, 11) is -1.79. The first-order chi connectivity index (χ1) is 10.3. The van der Waals surface area contributed by atoms with Crippen LogP contribution >= 0.6 is 0 Å². The van der Waals surface area contributed by atoms with Crippen LogP contribution in [-0.4, -0.2) is 20.7 Å². The molecular weight excluding hydrogens is 288 g/mol. The smallest absolute Gasteiger partial charge is 0.200 e. The van der Waals surface area contributed by atoms with Crippen molar-refractivity contribution in [3.8, 4) is 0 Å². The number of rotatable bonds is 7. The molecular formula is C19H34O2Si. The second kappa shape index (κ2) is 7.00. The monoisotopic (exact) mass is 322 g/mol. The highest BCUT2D eigenvalue weighted by Gasteiger charge is 2.45. The Kier molecular flexibility index (Phi) is 5.71. The Hall–Kier alpha value is -0.413. The second-order valence-electron chi connectivity index (χ2n) is 8.28. The first-order valence-electron chi connectivity index (χ1n) is 9.14. The number of allylic oxidation sites excluding steroid dienone is 2. The molecule has 0 amide bonds. The Bertz CT molecular complexity index is 403. The van der Waals surface area contributed by atoms with Crippen molar-refractivity contribution in [2.75, 3.05) is 6.61 Å². The van der Waals surface area contributed by atoms with Crippen LogP contribution in [0.2, 0.25) is 16.6 Å². The largest absolute Gasteiger partial charge is 0.416 e. The van der Waals surface area contributed by atoms with Crippen LogP contribution in [0.3, 0.4) is 0 Å². The summed E-state index contributed by atoms with van der Waals surface area (Å²) in [6.07, 6.45) is 7.43. The summed E-state index contributed by atoms with van der Waals surface area (Å²) in [5.74, 6) is 1.71. The van der Waals surface area contributed by atoms with Crippen molar-refractivity contribution in [1.82, 2.24) is 0 Å². The molecule has 3 atom stereocenters. The van der Waals surface area contributed by atoms with Crippen molar-refractivity contribution in [2.24, 2.45) is 17.8 Å². The minimum Gasteiger partial charge on any atom is -0.416 e. The van der Waals surface area contributed by atoms with Crippen LogP contribution < -0.4 is 0 Å². The molecule has 2 aliphatic carbocycles. The van der Waals surface area contributed by atoms with Crippen LogP contribution in [0.1, 0.15) is 60.8 Å². The van der Waals surface area contributed by atoms with Crippen LogP contribution in [0, 0.1) is 17.8 Å². The minimum absolute atomic E-state index is 0.216. The van der Waals surface area contributed by atoms with E-state index in [9.17, 15) is 4.79 Å². The van der Waals surface area contributed by atoms with Crippen LogP contribution in [-0.2, 0) is 9.22 Å². The van der Waals surface area contributed by atoms with E-state index in [0.717, 1.165) is 19.4 Å². The predicted octanol–water partition coefficient (Wildman–Crippen LogP) is 5.35. The number of carbonyl (C=O) groups excluding carboxylic acids is 1. The van der Waals surface area contributed by atoms with Gasteiger partial charge in [-0.05, 0) is 41.3 Å². The van der Waals surface area contributed by atoms with Gasteiger partial charge in [-0.1, -0.05) is 53.7 Å². The average Bonchev–Trinajstić information content (AvgIpc) is 2.79. The van der Waals surface area contributed by atoms with Gasteiger partial charge in [0.05, 0.1) is 0 Å². The highest BCUT2D eigenvalue weighted by molar-refractivity contribution is 6.77. The summed E-state index contributed by atoms with van der Waals surface area (Å²) >= 11 is 0. The van der Waals surface area contributed by atoms with Crippen molar-refractivity contribution in [3.05, 3.63) is 12.2 Å². The topological polar surface area (TPSA) is 26.3 Å². The third-order valence-electron chi connectivity index (χ3n) is 6.09. The maximum Gasteiger partial charge on any atom is 0.200 e. The van der Waals surface area contributed by atoms with Gasteiger partial charge >= 0.3 is 0 Å². The molecule has 0 spiro atoms. The number of carbonyl (C=O) groups is 1. The second-order valence-corrected chi connectivity index (χ2v) is 13.7. The molecule has 0 aromatic carbocycles. The van der Waals surface area contributed by atoms with Gasteiger partial charge in [-0.3, -0.25) is 4.79 Å². The SMILES string of the molecule is CC(C)[Si](OCC[C@H]1C(=O)C[C@H]2C=C[C@@H]1C2)(C(C)C)C(C)C. The molecule has 0 radical (unpaired) electrons. The van der Waals surface area contributed by atoms with Crippen LogP contribution in [0.5, 0.6) is 0 Å². The molecule has 0 heterocycles. The number of Topliss-reactive ketones (excluding diaryl/α,β-unsaturated/α-hetero) is 1. The lowest BCUT2D eigenvalue weighted by Crippen LogP contribution is -2.48. The molecule has 1 fully saturated rings. The van der Waals surface area contributed by atoms with Crippen LogP contribution in [0.25, 0.3) is 0 Å². The Balaban J connectivity index is 1.98. The fourth-order valence-electron chi connectivity index (χ4n) is 5.14. The Morgan fingerprint density at radius 3 is 2.23 bits per heavy atom. The third-order valence-corrected chi connectivity index (χ3v) is 12.2. The summed E-state index contributed by atoms with van der Waals surface area (Å²) in [5.41, 5.74) is 1.85. The van der Waals surface area contributed by atoms with E-state index in [1.807, 2.05) is 0 Å². The molecule has 0 saturated heterocycles. The first-order valence-corrected chi connectivity index (χ1v) is 11.3. The Morgan fingerprint density at radius 1 is 1.09 bits per heavy atom. The van der Waals surface area contributed by atoms with E-state index in [4.69, 9.17) is 4.43 Å². The standard InChI is InChI=1S/C19H34O2Si/c1-13(2)22(14(3)4,15(5)6)21-10-9-18-17-8-7-16(11-17)12-19(18)20/h7-8,13-18H,9-12H2,1-6H3/t16-,17+,18+/m0/s1. The number of hydrogen-bond acceptors (Lipinski definition) is 2.